The lowest BCUT2D eigenvalue weighted by Gasteiger charge is -2.25. The quantitative estimate of drug-likeness (QED) is 0.646. The van der Waals surface area contributed by atoms with E-state index in [1.165, 1.54) is 43.7 Å². The summed E-state index contributed by atoms with van der Waals surface area (Å²) >= 11 is 3.18. The highest BCUT2D eigenvalue weighted by Crippen LogP contribution is 2.26. The fraction of sp³-hybridized carbons (Fsp3) is 0.769. The van der Waals surface area contributed by atoms with Crippen LogP contribution in [0, 0.1) is 5.92 Å². The fourth-order valence-electron chi connectivity index (χ4n) is 2.01. The van der Waals surface area contributed by atoms with E-state index in [4.69, 9.17) is 0 Å². The molecule has 20 heavy (non-hydrogen) atoms. The number of likely N-dealkylation sites (tertiary alicyclic amines) is 1. The first kappa shape index (κ1) is 15.7. The summed E-state index contributed by atoms with van der Waals surface area (Å²) in [5, 5.41) is 11.5. The number of carbonyl (C=O) groups is 1. The molecule has 0 aromatic carbocycles. The molecule has 112 valence electrons. The standard InChI is InChI=1S/C13H22N4OS2/c1-10(2)11(18)14-12-15-16-13(20-12)19-9-8-17-6-4-3-5-7-17/h10H,3-9H2,1-2H3,(H,14,15,18). The van der Waals surface area contributed by atoms with Gasteiger partial charge in [0, 0.05) is 18.2 Å². The highest BCUT2D eigenvalue weighted by atomic mass is 32.2. The van der Waals surface area contributed by atoms with E-state index < -0.39 is 0 Å². The number of hydrogen-bond acceptors (Lipinski definition) is 6. The van der Waals surface area contributed by atoms with Crippen LogP contribution >= 0.6 is 23.1 Å². The molecule has 5 nitrogen and oxygen atoms in total. The Bertz CT molecular complexity index is 430. The Morgan fingerprint density at radius 1 is 1.35 bits per heavy atom. The number of nitrogens with zero attached hydrogens (tertiary/aromatic N) is 3. The van der Waals surface area contributed by atoms with Gasteiger partial charge in [0.05, 0.1) is 0 Å². The molecule has 1 amide bonds. The van der Waals surface area contributed by atoms with Crippen LogP contribution in [0.3, 0.4) is 0 Å². The lowest BCUT2D eigenvalue weighted by Crippen LogP contribution is -2.31. The van der Waals surface area contributed by atoms with E-state index in [2.05, 4.69) is 20.4 Å². The average molecular weight is 314 g/mol. The second kappa shape index (κ2) is 7.95. The third kappa shape index (κ3) is 5.03. The molecule has 0 radical (unpaired) electrons. The van der Waals surface area contributed by atoms with Crippen molar-refractivity contribution in [2.24, 2.45) is 5.92 Å². The van der Waals surface area contributed by atoms with Crippen molar-refractivity contribution in [3.8, 4) is 0 Å². The van der Waals surface area contributed by atoms with Crippen LogP contribution in [0.5, 0.6) is 0 Å². The SMILES string of the molecule is CC(C)C(=O)Nc1nnc(SCCN2CCCCC2)s1. The first-order valence-corrected chi connectivity index (χ1v) is 8.95. The summed E-state index contributed by atoms with van der Waals surface area (Å²) in [6.07, 6.45) is 4.03. The van der Waals surface area contributed by atoms with Gasteiger partial charge in [-0.2, -0.15) is 0 Å². The number of carbonyl (C=O) groups excluding carboxylic acids is 1. The zero-order valence-electron chi connectivity index (χ0n) is 12.1. The van der Waals surface area contributed by atoms with Crippen molar-refractivity contribution in [3.05, 3.63) is 0 Å². The number of rotatable bonds is 6. The number of nitrogens with one attached hydrogen (secondary N) is 1. The Labute approximate surface area is 128 Å². The summed E-state index contributed by atoms with van der Waals surface area (Å²) < 4.78 is 0.932. The molecule has 2 rings (SSSR count). The van der Waals surface area contributed by atoms with Gasteiger partial charge >= 0.3 is 0 Å². The molecule has 1 N–H and O–H groups in total. The lowest BCUT2D eigenvalue weighted by molar-refractivity contribution is -0.118. The minimum Gasteiger partial charge on any atom is -0.303 e. The fourth-order valence-corrected chi connectivity index (χ4v) is 3.84. The minimum atomic E-state index is -0.0332. The van der Waals surface area contributed by atoms with E-state index in [-0.39, 0.29) is 11.8 Å². The summed E-state index contributed by atoms with van der Waals surface area (Å²) in [5.41, 5.74) is 0. The Balaban J connectivity index is 1.71. The largest absolute Gasteiger partial charge is 0.303 e. The average Bonchev–Trinajstić information content (AvgIpc) is 2.87. The second-order valence-corrected chi connectivity index (χ2v) is 7.59. The third-order valence-corrected chi connectivity index (χ3v) is 5.19. The molecule has 0 unspecified atom stereocenters. The zero-order valence-corrected chi connectivity index (χ0v) is 13.7. The van der Waals surface area contributed by atoms with Crippen molar-refractivity contribution >= 4 is 34.1 Å². The molecule has 7 heteroatoms. The van der Waals surface area contributed by atoms with Crippen LogP contribution in [0.1, 0.15) is 33.1 Å². The summed E-state index contributed by atoms with van der Waals surface area (Å²) in [7, 11) is 0. The van der Waals surface area contributed by atoms with Gasteiger partial charge in [0.15, 0.2) is 4.34 Å². The molecule has 1 aliphatic heterocycles. The zero-order chi connectivity index (χ0) is 14.4. The predicted octanol–water partition coefficient (Wildman–Crippen LogP) is 2.71. The highest BCUT2D eigenvalue weighted by Gasteiger charge is 2.12. The van der Waals surface area contributed by atoms with Crippen molar-refractivity contribution in [2.45, 2.75) is 37.4 Å². The van der Waals surface area contributed by atoms with Gasteiger partial charge < -0.3 is 10.2 Å². The molecule has 0 aliphatic carbocycles. The molecule has 2 heterocycles. The van der Waals surface area contributed by atoms with Gasteiger partial charge in [-0.25, -0.2) is 0 Å². The van der Waals surface area contributed by atoms with Crippen LogP contribution in [0.4, 0.5) is 5.13 Å². The molecule has 1 aliphatic rings. The van der Waals surface area contributed by atoms with Crippen LogP contribution in [-0.2, 0) is 4.79 Å². The van der Waals surface area contributed by atoms with Gasteiger partial charge in [-0.05, 0) is 25.9 Å². The number of hydrogen-bond donors (Lipinski definition) is 1. The van der Waals surface area contributed by atoms with E-state index in [0.717, 1.165) is 16.6 Å². The van der Waals surface area contributed by atoms with Crippen molar-refractivity contribution in [2.75, 3.05) is 30.7 Å². The molecule has 0 bridgehead atoms. The molecular weight excluding hydrogens is 292 g/mol. The number of amides is 1. The smallest absolute Gasteiger partial charge is 0.228 e. The van der Waals surface area contributed by atoms with E-state index >= 15 is 0 Å². The van der Waals surface area contributed by atoms with Crippen LogP contribution in [-0.4, -0.2) is 46.4 Å². The normalized spacial score (nSPS) is 16.6. The van der Waals surface area contributed by atoms with E-state index in [1.807, 2.05) is 13.8 Å². The van der Waals surface area contributed by atoms with Crippen LogP contribution < -0.4 is 5.32 Å². The summed E-state index contributed by atoms with van der Waals surface area (Å²) in [5.74, 6) is 0.993. The van der Waals surface area contributed by atoms with E-state index in [0.29, 0.717) is 5.13 Å². The second-order valence-electron chi connectivity index (χ2n) is 5.27. The predicted molar refractivity (Wildman–Crippen MR) is 84.4 cm³/mol. The number of aromatic nitrogens is 2. The minimum absolute atomic E-state index is 0.00832. The molecule has 1 saturated heterocycles. The van der Waals surface area contributed by atoms with E-state index in [9.17, 15) is 4.79 Å². The van der Waals surface area contributed by atoms with Gasteiger partial charge in [0.25, 0.3) is 0 Å². The van der Waals surface area contributed by atoms with Crippen LogP contribution in [0.15, 0.2) is 4.34 Å². The van der Waals surface area contributed by atoms with Crippen molar-refractivity contribution in [1.29, 1.82) is 0 Å². The molecule has 0 saturated carbocycles. The Hall–Kier alpha value is -0.660. The molecule has 1 fully saturated rings. The van der Waals surface area contributed by atoms with Gasteiger partial charge in [-0.3, -0.25) is 4.79 Å². The van der Waals surface area contributed by atoms with Crippen LogP contribution in [0.25, 0.3) is 0 Å². The van der Waals surface area contributed by atoms with Gasteiger partial charge in [0.2, 0.25) is 11.0 Å². The Morgan fingerprint density at radius 3 is 2.80 bits per heavy atom. The summed E-state index contributed by atoms with van der Waals surface area (Å²) in [6, 6.07) is 0. The maximum Gasteiger partial charge on any atom is 0.228 e. The van der Waals surface area contributed by atoms with Crippen molar-refractivity contribution in [3.63, 3.8) is 0 Å². The number of piperidine rings is 1. The van der Waals surface area contributed by atoms with Gasteiger partial charge in [-0.1, -0.05) is 43.4 Å². The highest BCUT2D eigenvalue weighted by molar-refractivity contribution is 8.01. The maximum absolute atomic E-state index is 11.6. The topological polar surface area (TPSA) is 58.1 Å². The van der Waals surface area contributed by atoms with E-state index in [1.54, 1.807) is 11.8 Å². The lowest BCUT2D eigenvalue weighted by atomic mass is 10.1. The van der Waals surface area contributed by atoms with Crippen molar-refractivity contribution < 1.29 is 4.79 Å². The first-order chi connectivity index (χ1) is 9.65. The summed E-state index contributed by atoms with van der Waals surface area (Å²) in [4.78, 5) is 14.1. The Morgan fingerprint density at radius 2 is 2.10 bits per heavy atom. The third-order valence-electron chi connectivity index (χ3n) is 3.24. The maximum atomic E-state index is 11.6. The van der Waals surface area contributed by atoms with Gasteiger partial charge in [0.1, 0.15) is 0 Å². The molecule has 1 aromatic rings. The first-order valence-electron chi connectivity index (χ1n) is 7.14. The number of thioether (sulfide) groups is 1. The molecule has 0 atom stereocenters. The summed E-state index contributed by atoms with van der Waals surface area (Å²) in [6.45, 7) is 7.30. The van der Waals surface area contributed by atoms with Gasteiger partial charge in [-0.15, -0.1) is 10.2 Å². The monoisotopic (exact) mass is 314 g/mol. The van der Waals surface area contributed by atoms with Crippen molar-refractivity contribution in [1.82, 2.24) is 15.1 Å². The molecule has 1 aromatic heterocycles. The molecule has 0 spiro atoms. The Kier molecular flexibility index (Phi) is 6.25. The number of anilines is 1. The molecular formula is C13H22N4OS2. The van der Waals surface area contributed by atoms with Crippen LogP contribution in [0.2, 0.25) is 0 Å².